The highest BCUT2D eigenvalue weighted by Gasteiger charge is 2.35. The minimum absolute atomic E-state index is 0.00913. The number of ketones is 1. The van der Waals surface area contributed by atoms with E-state index in [4.69, 9.17) is 16.7 Å². The van der Waals surface area contributed by atoms with Crippen LogP contribution in [0.25, 0.3) is 0 Å². The van der Waals surface area contributed by atoms with Crippen LogP contribution in [0.5, 0.6) is 0 Å². The van der Waals surface area contributed by atoms with Gasteiger partial charge in [-0.15, -0.1) is 0 Å². The van der Waals surface area contributed by atoms with E-state index in [9.17, 15) is 18.8 Å². The highest BCUT2D eigenvalue weighted by atomic mass is 35.5. The molecule has 1 atom stereocenters. The highest BCUT2D eigenvalue weighted by Crippen LogP contribution is 2.27. The molecule has 3 aromatic carbocycles. The number of hydrogen-bond acceptors (Lipinski definition) is 3. The molecule has 1 heterocycles. The van der Waals surface area contributed by atoms with Gasteiger partial charge in [0.2, 0.25) is 0 Å². The molecule has 0 fully saturated rings. The summed E-state index contributed by atoms with van der Waals surface area (Å²) in [6.07, 6.45) is 0.0430. The molecule has 4 rings (SSSR count). The van der Waals surface area contributed by atoms with Crippen LogP contribution in [0.4, 0.5) is 4.39 Å². The molecule has 5 nitrogen and oxygen atoms in total. The van der Waals surface area contributed by atoms with Crippen LogP contribution in [0.1, 0.15) is 37.4 Å². The van der Waals surface area contributed by atoms with Crippen molar-refractivity contribution >= 4 is 29.3 Å². The Morgan fingerprint density at radius 3 is 2.47 bits per heavy atom. The van der Waals surface area contributed by atoms with Crippen LogP contribution in [0, 0.1) is 5.82 Å². The summed E-state index contributed by atoms with van der Waals surface area (Å²) in [5.74, 6) is -2.07. The number of carbonyl (C=O) groups is 3. The van der Waals surface area contributed by atoms with E-state index in [1.807, 2.05) is 0 Å². The van der Waals surface area contributed by atoms with Gasteiger partial charge in [0.25, 0.3) is 5.91 Å². The van der Waals surface area contributed by atoms with Crippen molar-refractivity contribution in [3.63, 3.8) is 0 Å². The Morgan fingerprint density at radius 1 is 1.06 bits per heavy atom. The van der Waals surface area contributed by atoms with Gasteiger partial charge in [-0.1, -0.05) is 41.9 Å². The molecule has 0 aliphatic carbocycles. The van der Waals surface area contributed by atoms with Crippen molar-refractivity contribution in [2.75, 3.05) is 0 Å². The summed E-state index contributed by atoms with van der Waals surface area (Å²) in [4.78, 5) is 39.3. The predicted octanol–water partition coefficient (Wildman–Crippen LogP) is 4.56. The lowest BCUT2D eigenvalue weighted by atomic mass is 9.97. The van der Waals surface area contributed by atoms with E-state index in [2.05, 4.69) is 0 Å². The van der Waals surface area contributed by atoms with E-state index in [1.165, 1.54) is 23.1 Å². The Morgan fingerprint density at radius 2 is 1.78 bits per heavy atom. The normalized spacial score (nSPS) is 15.9. The van der Waals surface area contributed by atoms with Crippen LogP contribution >= 0.6 is 11.6 Å². The van der Waals surface area contributed by atoms with E-state index in [0.717, 1.165) is 0 Å². The molecule has 1 aliphatic rings. The third-order valence-electron chi connectivity index (χ3n) is 5.60. The lowest BCUT2D eigenvalue weighted by molar-refractivity contribution is -0.122. The van der Waals surface area contributed by atoms with Gasteiger partial charge in [0.1, 0.15) is 5.82 Å². The summed E-state index contributed by atoms with van der Waals surface area (Å²) in [7, 11) is 0. The number of benzene rings is 3. The van der Waals surface area contributed by atoms with Crippen molar-refractivity contribution in [1.82, 2.24) is 4.90 Å². The fourth-order valence-electron chi connectivity index (χ4n) is 3.92. The fraction of sp³-hybridized carbons (Fsp3) is 0.160. The van der Waals surface area contributed by atoms with Gasteiger partial charge in [-0.25, -0.2) is 9.18 Å². The number of hydrogen-bond donors (Lipinski definition) is 1. The largest absolute Gasteiger partial charge is 0.478 e. The number of Topliss-reactive ketones (excluding diaryl/α,β-unsaturated/α-hetero) is 1. The van der Waals surface area contributed by atoms with Crippen LogP contribution < -0.4 is 0 Å². The molecule has 7 heteroatoms. The Labute approximate surface area is 189 Å². The Balaban J connectivity index is 1.74. The lowest BCUT2D eigenvalue weighted by Crippen LogP contribution is -2.45. The third-order valence-corrected chi connectivity index (χ3v) is 5.83. The van der Waals surface area contributed by atoms with Gasteiger partial charge < -0.3 is 10.0 Å². The number of nitrogens with zero attached hydrogens (tertiary/aromatic N) is 1. The lowest BCUT2D eigenvalue weighted by Gasteiger charge is -2.29. The van der Waals surface area contributed by atoms with Crippen molar-refractivity contribution in [3.05, 3.63) is 105 Å². The fourth-order valence-corrected chi connectivity index (χ4v) is 4.12. The van der Waals surface area contributed by atoms with Gasteiger partial charge in [0.15, 0.2) is 5.78 Å². The van der Waals surface area contributed by atoms with E-state index in [1.54, 1.807) is 48.5 Å². The molecule has 0 unspecified atom stereocenters. The standard InChI is InChI=1S/C25H19ClFNO4/c26-19-9-10-20-18(11-19)13-23(29)22(12-17-3-1-2-4-21(17)27)28(24(20)30)14-15-5-7-16(8-6-15)25(31)32/h1-11,22H,12-14H2,(H,31,32)/t22-/m1/s1. The maximum absolute atomic E-state index is 14.4. The van der Waals surface area contributed by atoms with Crippen LogP contribution in [-0.2, 0) is 24.2 Å². The van der Waals surface area contributed by atoms with Gasteiger partial charge in [0, 0.05) is 30.0 Å². The minimum Gasteiger partial charge on any atom is -0.478 e. The molecule has 1 N–H and O–H groups in total. The Hall–Kier alpha value is -3.51. The molecule has 162 valence electrons. The van der Waals surface area contributed by atoms with Crippen molar-refractivity contribution < 1.29 is 23.9 Å². The molecule has 32 heavy (non-hydrogen) atoms. The molecular formula is C25H19ClFNO4. The second-order valence-electron chi connectivity index (χ2n) is 7.69. The number of amides is 1. The van der Waals surface area contributed by atoms with Crippen molar-refractivity contribution in [3.8, 4) is 0 Å². The first kappa shape index (κ1) is 21.7. The van der Waals surface area contributed by atoms with E-state index in [-0.39, 0.29) is 36.6 Å². The number of rotatable bonds is 5. The average Bonchev–Trinajstić information content (AvgIpc) is 2.85. The van der Waals surface area contributed by atoms with Gasteiger partial charge in [-0.3, -0.25) is 9.59 Å². The van der Waals surface area contributed by atoms with Crippen LogP contribution in [0.15, 0.2) is 66.7 Å². The summed E-state index contributed by atoms with van der Waals surface area (Å²) in [6, 6.07) is 16.2. The molecular weight excluding hydrogens is 433 g/mol. The topological polar surface area (TPSA) is 74.7 Å². The van der Waals surface area contributed by atoms with Crippen LogP contribution in [-0.4, -0.2) is 33.7 Å². The zero-order chi connectivity index (χ0) is 22.8. The molecule has 0 saturated heterocycles. The van der Waals surface area contributed by atoms with Gasteiger partial charge >= 0.3 is 5.97 Å². The number of carboxylic acid groups (broad SMARTS) is 1. The van der Waals surface area contributed by atoms with Gasteiger partial charge in [-0.05, 0) is 53.1 Å². The number of fused-ring (bicyclic) bond motifs is 1. The van der Waals surface area contributed by atoms with Gasteiger partial charge in [0.05, 0.1) is 11.6 Å². The van der Waals surface area contributed by atoms with Crippen molar-refractivity contribution in [2.24, 2.45) is 0 Å². The molecule has 0 bridgehead atoms. The first-order chi connectivity index (χ1) is 15.3. The quantitative estimate of drug-likeness (QED) is 0.617. The SMILES string of the molecule is O=C(O)c1ccc(CN2C(=O)c3ccc(Cl)cc3CC(=O)[C@H]2Cc2ccccc2F)cc1. The summed E-state index contributed by atoms with van der Waals surface area (Å²) < 4.78 is 14.4. The number of carbonyl (C=O) groups excluding carboxylic acids is 2. The summed E-state index contributed by atoms with van der Waals surface area (Å²) in [5.41, 5.74) is 2.03. The number of aromatic carboxylic acids is 1. The van der Waals surface area contributed by atoms with Gasteiger partial charge in [-0.2, -0.15) is 0 Å². The van der Waals surface area contributed by atoms with E-state index in [0.29, 0.717) is 27.3 Å². The zero-order valence-corrected chi connectivity index (χ0v) is 17.7. The summed E-state index contributed by atoms with van der Waals surface area (Å²) in [5, 5.41) is 9.54. The number of halogens is 2. The monoisotopic (exact) mass is 451 g/mol. The smallest absolute Gasteiger partial charge is 0.335 e. The maximum atomic E-state index is 14.4. The summed E-state index contributed by atoms with van der Waals surface area (Å²) in [6.45, 7) is 0.0751. The molecule has 1 aliphatic heterocycles. The second kappa shape index (κ2) is 8.93. The Kier molecular flexibility index (Phi) is 6.06. The number of carboxylic acids is 1. The predicted molar refractivity (Wildman–Crippen MR) is 117 cm³/mol. The average molecular weight is 452 g/mol. The highest BCUT2D eigenvalue weighted by molar-refractivity contribution is 6.30. The molecule has 0 aromatic heterocycles. The molecule has 0 spiro atoms. The third kappa shape index (κ3) is 4.41. The molecule has 3 aromatic rings. The molecule has 0 saturated carbocycles. The van der Waals surface area contributed by atoms with E-state index < -0.39 is 17.8 Å². The zero-order valence-electron chi connectivity index (χ0n) is 16.9. The molecule has 0 radical (unpaired) electrons. The summed E-state index contributed by atoms with van der Waals surface area (Å²) >= 11 is 6.09. The second-order valence-corrected chi connectivity index (χ2v) is 8.13. The minimum atomic E-state index is -1.05. The van der Waals surface area contributed by atoms with Crippen LogP contribution in [0.2, 0.25) is 5.02 Å². The van der Waals surface area contributed by atoms with Crippen molar-refractivity contribution in [2.45, 2.75) is 25.4 Å². The first-order valence-corrected chi connectivity index (χ1v) is 10.4. The Bertz CT molecular complexity index is 1210. The van der Waals surface area contributed by atoms with Crippen molar-refractivity contribution in [1.29, 1.82) is 0 Å². The maximum Gasteiger partial charge on any atom is 0.335 e. The molecule has 1 amide bonds. The van der Waals surface area contributed by atoms with Crippen LogP contribution in [0.3, 0.4) is 0 Å². The first-order valence-electron chi connectivity index (χ1n) is 10.0. The van der Waals surface area contributed by atoms with E-state index >= 15 is 0 Å².